The summed E-state index contributed by atoms with van der Waals surface area (Å²) in [6.07, 6.45) is 3.63. The molecule has 1 aliphatic carbocycles. The molecule has 0 amide bonds. The van der Waals surface area contributed by atoms with Crippen LogP contribution in [0.15, 0.2) is 30.3 Å². The Morgan fingerprint density at radius 3 is 2.54 bits per heavy atom. The van der Waals surface area contributed by atoms with Crippen molar-refractivity contribution in [1.82, 2.24) is 0 Å². The number of hydrogen-bond donors (Lipinski definition) is 0. The normalized spacial score (nSPS) is 16.0. The van der Waals surface area contributed by atoms with E-state index >= 15 is 0 Å². The maximum absolute atomic E-state index is 5.52. The van der Waals surface area contributed by atoms with Gasteiger partial charge in [-0.3, -0.25) is 0 Å². The molecule has 1 heteroatoms. The Kier molecular flexibility index (Phi) is 2.98. The summed E-state index contributed by atoms with van der Waals surface area (Å²) in [4.78, 5) is 0. The van der Waals surface area contributed by atoms with Crippen molar-refractivity contribution in [3.05, 3.63) is 41.8 Å². The van der Waals surface area contributed by atoms with Crippen molar-refractivity contribution in [2.24, 2.45) is 0 Å². The molecule has 1 radical (unpaired) electrons. The van der Waals surface area contributed by atoms with Crippen LogP contribution in [0.1, 0.15) is 18.4 Å². The Hall–Kier alpha value is -0.820. The lowest BCUT2D eigenvalue weighted by Gasteiger charge is -2.02. The molecule has 0 atom stereocenters. The average molecular weight is 175 g/mol. The molecular weight excluding hydrogens is 160 g/mol. The summed E-state index contributed by atoms with van der Waals surface area (Å²) in [5, 5.41) is 0. The summed E-state index contributed by atoms with van der Waals surface area (Å²) in [6.45, 7) is 1.75. The zero-order chi connectivity index (χ0) is 8.93. The molecule has 69 valence electrons. The van der Waals surface area contributed by atoms with Gasteiger partial charge in [0.05, 0.1) is 13.2 Å². The molecular formula is C12H15O. The van der Waals surface area contributed by atoms with Crippen molar-refractivity contribution in [3.8, 4) is 0 Å². The van der Waals surface area contributed by atoms with Crippen molar-refractivity contribution in [2.45, 2.75) is 19.3 Å². The van der Waals surface area contributed by atoms with Gasteiger partial charge in [-0.15, -0.1) is 0 Å². The quantitative estimate of drug-likeness (QED) is 0.625. The van der Waals surface area contributed by atoms with Gasteiger partial charge in [-0.2, -0.15) is 0 Å². The van der Waals surface area contributed by atoms with Gasteiger partial charge in [0, 0.05) is 5.92 Å². The fourth-order valence-corrected chi connectivity index (χ4v) is 1.28. The molecule has 0 aromatic heterocycles. The first-order valence-corrected chi connectivity index (χ1v) is 4.90. The molecule has 0 unspecified atom stereocenters. The van der Waals surface area contributed by atoms with E-state index in [2.05, 4.69) is 24.3 Å². The minimum Gasteiger partial charge on any atom is -0.381 e. The van der Waals surface area contributed by atoms with Gasteiger partial charge in [0.25, 0.3) is 0 Å². The summed E-state index contributed by atoms with van der Waals surface area (Å²) in [5.74, 6) is 1.58. The topological polar surface area (TPSA) is 9.23 Å². The highest BCUT2D eigenvalue weighted by atomic mass is 16.5. The van der Waals surface area contributed by atoms with Crippen molar-refractivity contribution >= 4 is 0 Å². The van der Waals surface area contributed by atoms with Gasteiger partial charge >= 0.3 is 0 Å². The van der Waals surface area contributed by atoms with Gasteiger partial charge in [0.1, 0.15) is 0 Å². The van der Waals surface area contributed by atoms with E-state index in [9.17, 15) is 0 Å². The number of ether oxygens (including phenoxy) is 1. The summed E-state index contributed by atoms with van der Waals surface area (Å²) in [7, 11) is 0. The fourth-order valence-electron chi connectivity index (χ4n) is 1.28. The van der Waals surface area contributed by atoms with Crippen LogP contribution in [0.5, 0.6) is 0 Å². The van der Waals surface area contributed by atoms with E-state index in [4.69, 9.17) is 4.74 Å². The molecule has 0 bridgehead atoms. The third-order valence-electron chi connectivity index (χ3n) is 2.29. The van der Waals surface area contributed by atoms with Gasteiger partial charge in [-0.1, -0.05) is 30.3 Å². The van der Waals surface area contributed by atoms with Crippen LogP contribution in [0, 0.1) is 5.92 Å². The molecule has 0 heterocycles. The first kappa shape index (κ1) is 8.76. The molecule has 13 heavy (non-hydrogen) atoms. The molecule has 0 aliphatic heterocycles. The molecule has 0 N–H and O–H groups in total. The molecule has 0 spiro atoms. The molecule has 2 rings (SSSR count). The molecule has 1 aromatic carbocycles. The van der Waals surface area contributed by atoms with Gasteiger partial charge in [0.15, 0.2) is 0 Å². The van der Waals surface area contributed by atoms with Crippen molar-refractivity contribution in [3.63, 3.8) is 0 Å². The fraction of sp³-hybridized carbons (Fsp3) is 0.417. The molecule has 1 aromatic rings. The summed E-state index contributed by atoms with van der Waals surface area (Å²) in [6, 6.07) is 10.5. The van der Waals surface area contributed by atoms with E-state index in [1.54, 1.807) is 5.92 Å². The third-order valence-corrected chi connectivity index (χ3v) is 2.29. The minimum absolute atomic E-state index is 0.855. The SMILES string of the molecule is c1ccc(CCOC[C]2CC2)cc1. The summed E-state index contributed by atoms with van der Waals surface area (Å²) >= 11 is 0. The molecule has 1 saturated carbocycles. The average Bonchev–Trinajstić information content (AvgIpc) is 2.98. The zero-order valence-corrected chi connectivity index (χ0v) is 7.83. The van der Waals surface area contributed by atoms with Crippen LogP contribution in [-0.2, 0) is 11.2 Å². The summed E-state index contributed by atoms with van der Waals surface area (Å²) < 4.78 is 5.52. The van der Waals surface area contributed by atoms with E-state index in [-0.39, 0.29) is 0 Å². The predicted octanol–water partition coefficient (Wildman–Crippen LogP) is 2.61. The third kappa shape index (κ3) is 3.19. The van der Waals surface area contributed by atoms with Crippen LogP contribution in [0.3, 0.4) is 0 Å². The first-order chi connectivity index (χ1) is 6.45. The Labute approximate surface area is 79.7 Å². The number of rotatable bonds is 5. The maximum atomic E-state index is 5.52. The Morgan fingerprint density at radius 2 is 1.85 bits per heavy atom. The number of benzene rings is 1. The maximum Gasteiger partial charge on any atom is 0.0528 e. The Bertz CT molecular complexity index is 239. The van der Waals surface area contributed by atoms with Gasteiger partial charge in [-0.05, 0) is 24.8 Å². The van der Waals surface area contributed by atoms with Gasteiger partial charge in [0.2, 0.25) is 0 Å². The highest BCUT2D eigenvalue weighted by molar-refractivity contribution is 5.14. The number of hydrogen-bond acceptors (Lipinski definition) is 1. The lowest BCUT2D eigenvalue weighted by atomic mass is 10.2. The van der Waals surface area contributed by atoms with Gasteiger partial charge in [-0.25, -0.2) is 0 Å². The van der Waals surface area contributed by atoms with Crippen LogP contribution in [0.25, 0.3) is 0 Å². The van der Waals surface area contributed by atoms with Crippen LogP contribution >= 0.6 is 0 Å². The van der Waals surface area contributed by atoms with Crippen molar-refractivity contribution < 1.29 is 4.74 Å². The Balaban J connectivity index is 1.61. The largest absolute Gasteiger partial charge is 0.381 e. The second kappa shape index (κ2) is 4.43. The van der Waals surface area contributed by atoms with E-state index < -0.39 is 0 Å². The first-order valence-electron chi connectivity index (χ1n) is 4.90. The second-order valence-corrected chi connectivity index (χ2v) is 3.54. The molecule has 1 nitrogen and oxygen atoms in total. The Morgan fingerprint density at radius 1 is 1.08 bits per heavy atom. The van der Waals surface area contributed by atoms with E-state index in [1.165, 1.54) is 18.4 Å². The van der Waals surface area contributed by atoms with E-state index in [0.717, 1.165) is 19.6 Å². The van der Waals surface area contributed by atoms with Gasteiger partial charge < -0.3 is 4.74 Å². The second-order valence-electron chi connectivity index (χ2n) is 3.54. The van der Waals surface area contributed by atoms with Crippen LogP contribution < -0.4 is 0 Å². The zero-order valence-electron chi connectivity index (χ0n) is 7.83. The standard InChI is InChI=1S/C12H15O/c1-2-4-11(5-3-1)8-9-13-10-12-6-7-12/h1-5H,6-10H2. The monoisotopic (exact) mass is 175 g/mol. The highest BCUT2D eigenvalue weighted by Crippen LogP contribution is 2.31. The minimum atomic E-state index is 0.855. The molecule has 1 aliphatic rings. The van der Waals surface area contributed by atoms with Crippen LogP contribution in [-0.4, -0.2) is 13.2 Å². The molecule has 0 saturated heterocycles. The van der Waals surface area contributed by atoms with E-state index in [1.807, 2.05) is 6.07 Å². The lowest BCUT2D eigenvalue weighted by molar-refractivity contribution is 0.154. The smallest absolute Gasteiger partial charge is 0.0528 e. The molecule has 1 fully saturated rings. The lowest BCUT2D eigenvalue weighted by Crippen LogP contribution is -2.00. The van der Waals surface area contributed by atoms with E-state index in [0.29, 0.717) is 0 Å². The predicted molar refractivity (Wildman–Crippen MR) is 53.4 cm³/mol. The highest BCUT2D eigenvalue weighted by Gasteiger charge is 2.21. The van der Waals surface area contributed by atoms with Crippen molar-refractivity contribution in [1.29, 1.82) is 0 Å². The van der Waals surface area contributed by atoms with Crippen molar-refractivity contribution in [2.75, 3.05) is 13.2 Å². The summed E-state index contributed by atoms with van der Waals surface area (Å²) in [5.41, 5.74) is 1.36. The van der Waals surface area contributed by atoms with Crippen LogP contribution in [0.4, 0.5) is 0 Å². The van der Waals surface area contributed by atoms with Crippen LogP contribution in [0.2, 0.25) is 0 Å².